The van der Waals surface area contributed by atoms with Crippen molar-refractivity contribution in [3.05, 3.63) is 28.8 Å². The number of benzene rings is 1. The molecule has 0 N–H and O–H groups in total. The molecular formula is C16H23BrClN. The first-order chi connectivity index (χ1) is 9.15. The summed E-state index contributed by atoms with van der Waals surface area (Å²) in [5.41, 5.74) is 2.41. The average molecular weight is 345 g/mol. The van der Waals surface area contributed by atoms with Gasteiger partial charge in [-0.25, -0.2) is 0 Å². The van der Waals surface area contributed by atoms with Crippen LogP contribution in [0.3, 0.4) is 0 Å². The molecule has 0 aliphatic heterocycles. The van der Waals surface area contributed by atoms with Crippen LogP contribution >= 0.6 is 27.5 Å². The van der Waals surface area contributed by atoms with E-state index in [0.717, 1.165) is 16.3 Å². The van der Waals surface area contributed by atoms with E-state index in [0.29, 0.717) is 6.04 Å². The Morgan fingerprint density at radius 2 is 1.95 bits per heavy atom. The van der Waals surface area contributed by atoms with Gasteiger partial charge >= 0.3 is 0 Å². The lowest BCUT2D eigenvalue weighted by Crippen LogP contribution is -2.35. The van der Waals surface area contributed by atoms with Crippen molar-refractivity contribution in [1.82, 2.24) is 0 Å². The van der Waals surface area contributed by atoms with Gasteiger partial charge < -0.3 is 4.90 Å². The minimum absolute atomic E-state index is 0.648. The van der Waals surface area contributed by atoms with Crippen LogP contribution in [-0.2, 0) is 5.33 Å². The number of rotatable bonds is 4. The normalized spacial score (nSPS) is 23.4. The topological polar surface area (TPSA) is 3.24 Å². The number of anilines is 1. The molecule has 2 rings (SSSR count). The lowest BCUT2D eigenvalue weighted by molar-refractivity contribution is 0.313. The molecule has 0 radical (unpaired) electrons. The highest BCUT2D eigenvalue weighted by molar-refractivity contribution is 9.08. The fourth-order valence-corrected chi connectivity index (χ4v) is 3.74. The number of nitrogens with zero attached hydrogens (tertiary/aromatic N) is 1. The quantitative estimate of drug-likeness (QED) is 0.639. The summed E-state index contributed by atoms with van der Waals surface area (Å²) >= 11 is 9.89. The SMILES string of the molecule is CCC1CCC(N(C)c2ccc(CBr)cc2Cl)CC1. The molecule has 0 amide bonds. The molecule has 0 atom stereocenters. The van der Waals surface area contributed by atoms with Crippen molar-refractivity contribution in [2.24, 2.45) is 5.92 Å². The fourth-order valence-electron chi connectivity index (χ4n) is 3.06. The summed E-state index contributed by atoms with van der Waals surface area (Å²) in [7, 11) is 2.19. The zero-order valence-electron chi connectivity index (χ0n) is 11.8. The Morgan fingerprint density at radius 3 is 2.47 bits per heavy atom. The van der Waals surface area contributed by atoms with Crippen LogP contribution in [0.1, 0.15) is 44.6 Å². The van der Waals surface area contributed by atoms with Crippen LogP contribution < -0.4 is 4.90 Å². The van der Waals surface area contributed by atoms with E-state index >= 15 is 0 Å². The van der Waals surface area contributed by atoms with Gasteiger partial charge in [-0.2, -0.15) is 0 Å². The van der Waals surface area contributed by atoms with Crippen molar-refractivity contribution in [3.63, 3.8) is 0 Å². The number of alkyl halides is 1. The van der Waals surface area contributed by atoms with E-state index in [9.17, 15) is 0 Å². The maximum Gasteiger partial charge on any atom is 0.0642 e. The van der Waals surface area contributed by atoms with E-state index in [-0.39, 0.29) is 0 Å². The largest absolute Gasteiger partial charge is 0.370 e. The molecule has 1 aliphatic carbocycles. The van der Waals surface area contributed by atoms with Gasteiger partial charge in [0, 0.05) is 18.4 Å². The third-order valence-electron chi connectivity index (χ3n) is 4.49. The third kappa shape index (κ3) is 3.66. The maximum absolute atomic E-state index is 6.42. The molecule has 0 unspecified atom stereocenters. The molecule has 1 saturated carbocycles. The van der Waals surface area contributed by atoms with E-state index in [1.807, 2.05) is 0 Å². The Kier molecular flexibility index (Phi) is 5.58. The Bertz CT molecular complexity index is 413. The second kappa shape index (κ2) is 6.99. The van der Waals surface area contributed by atoms with Crippen LogP contribution in [0.5, 0.6) is 0 Å². The molecule has 106 valence electrons. The van der Waals surface area contributed by atoms with Crippen molar-refractivity contribution >= 4 is 33.2 Å². The van der Waals surface area contributed by atoms with Crippen molar-refractivity contribution in [1.29, 1.82) is 0 Å². The van der Waals surface area contributed by atoms with E-state index in [2.05, 4.69) is 53.0 Å². The summed E-state index contributed by atoms with van der Waals surface area (Å²) in [6.45, 7) is 2.31. The molecule has 0 spiro atoms. The fraction of sp³-hybridized carbons (Fsp3) is 0.625. The van der Waals surface area contributed by atoms with Gasteiger partial charge in [0.05, 0.1) is 10.7 Å². The first-order valence-corrected chi connectivity index (χ1v) is 8.72. The lowest BCUT2D eigenvalue weighted by Gasteiger charge is -2.36. The maximum atomic E-state index is 6.42. The van der Waals surface area contributed by atoms with Crippen LogP contribution in [0.4, 0.5) is 5.69 Å². The van der Waals surface area contributed by atoms with Gasteiger partial charge in [0.2, 0.25) is 0 Å². The molecule has 1 aromatic rings. The van der Waals surface area contributed by atoms with Crippen LogP contribution in [0, 0.1) is 5.92 Å². The second-order valence-electron chi connectivity index (χ2n) is 5.61. The van der Waals surface area contributed by atoms with E-state index < -0.39 is 0 Å². The van der Waals surface area contributed by atoms with Crippen molar-refractivity contribution in [2.75, 3.05) is 11.9 Å². The molecular weight excluding hydrogens is 322 g/mol. The van der Waals surface area contributed by atoms with Gasteiger partial charge in [-0.3, -0.25) is 0 Å². The molecule has 1 aromatic carbocycles. The third-order valence-corrected chi connectivity index (χ3v) is 5.44. The average Bonchev–Trinajstić information content (AvgIpc) is 2.46. The molecule has 3 heteroatoms. The van der Waals surface area contributed by atoms with Crippen LogP contribution in [0.25, 0.3) is 0 Å². The highest BCUT2D eigenvalue weighted by atomic mass is 79.9. The molecule has 1 nitrogen and oxygen atoms in total. The minimum atomic E-state index is 0.648. The monoisotopic (exact) mass is 343 g/mol. The molecule has 0 saturated heterocycles. The van der Waals surface area contributed by atoms with Crippen LogP contribution in [0.2, 0.25) is 5.02 Å². The highest BCUT2D eigenvalue weighted by Gasteiger charge is 2.24. The summed E-state index contributed by atoms with van der Waals surface area (Å²) in [4.78, 5) is 2.38. The zero-order valence-corrected chi connectivity index (χ0v) is 14.2. The molecule has 0 bridgehead atoms. The van der Waals surface area contributed by atoms with E-state index in [1.165, 1.54) is 43.4 Å². The number of hydrogen-bond acceptors (Lipinski definition) is 1. The van der Waals surface area contributed by atoms with Crippen LogP contribution in [-0.4, -0.2) is 13.1 Å². The van der Waals surface area contributed by atoms with Gasteiger partial charge in [0.25, 0.3) is 0 Å². The Morgan fingerprint density at radius 1 is 1.26 bits per heavy atom. The Balaban J connectivity index is 2.05. The van der Waals surface area contributed by atoms with Gasteiger partial charge in [0.15, 0.2) is 0 Å². The summed E-state index contributed by atoms with van der Waals surface area (Å²) in [5, 5.41) is 1.73. The molecule has 0 heterocycles. The van der Waals surface area contributed by atoms with Crippen LogP contribution in [0.15, 0.2) is 18.2 Å². The van der Waals surface area contributed by atoms with Crippen molar-refractivity contribution in [2.45, 2.75) is 50.4 Å². The Hall–Kier alpha value is -0.210. The molecule has 1 fully saturated rings. The predicted molar refractivity (Wildman–Crippen MR) is 88.5 cm³/mol. The summed E-state index contributed by atoms with van der Waals surface area (Å²) < 4.78 is 0. The first-order valence-electron chi connectivity index (χ1n) is 7.23. The van der Waals surface area contributed by atoms with E-state index in [4.69, 9.17) is 11.6 Å². The second-order valence-corrected chi connectivity index (χ2v) is 6.58. The first kappa shape index (κ1) is 15.2. The highest BCUT2D eigenvalue weighted by Crippen LogP contribution is 2.34. The van der Waals surface area contributed by atoms with Gasteiger partial charge in [0.1, 0.15) is 0 Å². The van der Waals surface area contributed by atoms with Gasteiger partial charge in [-0.15, -0.1) is 0 Å². The van der Waals surface area contributed by atoms with Gasteiger partial charge in [-0.05, 0) is 49.3 Å². The smallest absolute Gasteiger partial charge is 0.0642 e. The lowest BCUT2D eigenvalue weighted by atomic mass is 9.84. The van der Waals surface area contributed by atoms with Crippen molar-refractivity contribution in [3.8, 4) is 0 Å². The standard InChI is InChI=1S/C16H23BrClN/c1-3-12-4-7-14(8-5-12)19(2)16-9-6-13(11-17)10-15(16)18/h6,9-10,12,14H,3-5,7-8,11H2,1-2H3. The summed E-state index contributed by atoms with van der Waals surface area (Å²) in [5.74, 6) is 0.941. The summed E-state index contributed by atoms with van der Waals surface area (Å²) in [6, 6.07) is 7.03. The molecule has 1 aliphatic rings. The molecule has 19 heavy (non-hydrogen) atoms. The number of hydrogen-bond donors (Lipinski definition) is 0. The molecule has 0 aromatic heterocycles. The Labute approximate surface area is 130 Å². The zero-order chi connectivity index (χ0) is 13.8. The summed E-state index contributed by atoms with van der Waals surface area (Å²) in [6.07, 6.45) is 6.65. The van der Waals surface area contributed by atoms with E-state index in [1.54, 1.807) is 0 Å². The van der Waals surface area contributed by atoms with Gasteiger partial charge in [-0.1, -0.05) is 46.9 Å². The number of halogens is 2. The van der Waals surface area contributed by atoms with Crippen molar-refractivity contribution < 1.29 is 0 Å². The predicted octanol–water partition coefficient (Wildman–Crippen LogP) is 5.64. The minimum Gasteiger partial charge on any atom is -0.370 e.